The maximum Gasteiger partial charge on any atom is 0.332 e. The lowest BCUT2D eigenvalue weighted by atomic mass is 9.98. The van der Waals surface area contributed by atoms with Gasteiger partial charge in [0.25, 0.3) is 0 Å². The van der Waals surface area contributed by atoms with Gasteiger partial charge in [0.2, 0.25) is 10.0 Å². The number of sulfone groups is 2. The predicted molar refractivity (Wildman–Crippen MR) is 103 cm³/mol. The molecule has 1 heterocycles. The van der Waals surface area contributed by atoms with Crippen molar-refractivity contribution in [3.8, 4) is 0 Å². The Morgan fingerprint density at radius 2 is 1.79 bits per heavy atom. The van der Waals surface area contributed by atoms with Gasteiger partial charge >= 0.3 is 5.97 Å². The summed E-state index contributed by atoms with van der Waals surface area (Å²) in [5.41, 5.74) is -1.07. The number of rotatable bonds is 4. The summed E-state index contributed by atoms with van der Waals surface area (Å²) in [6, 6.07) is 2.82. The molecule has 14 heteroatoms. The summed E-state index contributed by atoms with van der Waals surface area (Å²) in [5, 5.41) is 7.47. The molecule has 1 unspecified atom stereocenters. The fraction of sp³-hybridized carbons (Fsp3) is 0.400. The third kappa shape index (κ3) is 3.53. The molecule has 0 bridgehead atoms. The number of nitrogens with one attached hydrogen (secondary N) is 1. The average molecular weight is 488 g/mol. The van der Waals surface area contributed by atoms with Gasteiger partial charge in [0.1, 0.15) is 11.1 Å². The fourth-order valence-electron chi connectivity index (χ4n) is 3.46. The topological polar surface area (TPSA) is 152 Å². The molecular weight excluding hydrogens is 473 g/mol. The summed E-state index contributed by atoms with van der Waals surface area (Å²) in [5.74, 6) is -3.82. The van der Waals surface area contributed by atoms with Gasteiger partial charge in [0.15, 0.2) is 23.8 Å². The first-order valence-corrected chi connectivity index (χ1v) is 13.3. The van der Waals surface area contributed by atoms with Gasteiger partial charge in [-0.3, -0.25) is 4.72 Å². The van der Waals surface area contributed by atoms with Gasteiger partial charge in [-0.2, -0.15) is 0 Å². The molecule has 1 aliphatic heterocycles. The Hall–Kier alpha value is -1.70. The van der Waals surface area contributed by atoms with E-state index in [9.17, 15) is 39.5 Å². The van der Waals surface area contributed by atoms with Crippen molar-refractivity contribution in [3.63, 3.8) is 0 Å². The Morgan fingerprint density at radius 3 is 2.31 bits per heavy atom. The summed E-state index contributed by atoms with van der Waals surface area (Å²) in [6.45, 7) is 0. The number of anilines is 1. The number of halogens is 2. The molecule has 29 heavy (non-hydrogen) atoms. The average Bonchev–Trinajstić information content (AvgIpc) is 2.77. The van der Waals surface area contributed by atoms with Crippen molar-refractivity contribution in [1.29, 1.82) is 0 Å². The lowest BCUT2D eigenvalue weighted by Crippen LogP contribution is -2.47. The minimum atomic E-state index is -4.48. The Morgan fingerprint density at radius 1 is 1.21 bits per heavy atom. The first-order valence-electron chi connectivity index (χ1n) is 8.10. The summed E-state index contributed by atoms with van der Waals surface area (Å²) in [7, 11) is -12.9. The SMILES string of the molecule is O=C(O)C1=CC2(CCC1S(=O)(=O)Nc1ccc(F)cc1Cl)S(=O)(=O)CCS2(=O)=O. The van der Waals surface area contributed by atoms with Crippen LogP contribution in [0.2, 0.25) is 5.02 Å². The molecule has 160 valence electrons. The molecule has 1 aliphatic carbocycles. The summed E-state index contributed by atoms with van der Waals surface area (Å²) >= 11 is 5.79. The standard InChI is InChI=1S/C15H15ClFNO8S3/c16-11-7-9(17)1-2-12(11)18-29(25,26)13-3-4-15(8-10(13)14(19)20)27(21,22)5-6-28(15,23)24/h1-2,7-8,13,18H,3-6H2,(H,19,20). The van der Waals surface area contributed by atoms with Gasteiger partial charge in [0, 0.05) is 0 Å². The number of aliphatic carboxylic acids is 1. The van der Waals surface area contributed by atoms with Gasteiger partial charge in [-0.25, -0.2) is 34.4 Å². The van der Waals surface area contributed by atoms with Crippen LogP contribution < -0.4 is 4.72 Å². The van der Waals surface area contributed by atoms with E-state index in [4.69, 9.17) is 11.6 Å². The molecule has 3 rings (SSSR count). The van der Waals surface area contributed by atoms with E-state index in [-0.39, 0.29) is 10.7 Å². The van der Waals surface area contributed by atoms with Crippen molar-refractivity contribution in [2.24, 2.45) is 0 Å². The first kappa shape index (κ1) is 22.0. The van der Waals surface area contributed by atoms with E-state index < -0.39 is 80.7 Å². The molecule has 0 amide bonds. The molecule has 2 aliphatic rings. The van der Waals surface area contributed by atoms with Crippen molar-refractivity contribution in [2.75, 3.05) is 16.2 Å². The highest BCUT2D eigenvalue weighted by Gasteiger charge is 2.61. The van der Waals surface area contributed by atoms with Gasteiger partial charge in [0.05, 0.1) is 27.8 Å². The number of sulfonamides is 1. The van der Waals surface area contributed by atoms with Gasteiger partial charge in [-0.05, 0) is 37.1 Å². The minimum absolute atomic E-state index is 0.209. The summed E-state index contributed by atoms with van der Waals surface area (Å²) in [6.07, 6.45) is -0.630. The van der Waals surface area contributed by atoms with Crippen LogP contribution in [0.5, 0.6) is 0 Å². The lowest BCUT2D eigenvalue weighted by Gasteiger charge is -2.32. The molecule has 0 aromatic heterocycles. The number of carboxylic acid groups (broad SMARTS) is 1. The van der Waals surface area contributed by atoms with Crippen molar-refractivity contribution in [1.82, 2.24) is 0 Å². The molecule has 1 aromatic carbocycles. The molecule has 1 aromatic rings. The van der Waals surface area contributed by atoms with Crippen molar-refractivity contribution < 1.29 is 39.5 Å². The maximum absolute atomic E-state index is 13.2. The largest absolute Gasteiger partial charge is 0.478 e. The Balaban J connectivity index is 2.09. The van der Waals surface area contributed by atoms with E-state index in [1.54, 1.807) is 0 Å². The lowest BCUT2D eigenvalue weighted by molar-refractivity contribution is -0.132. The Kier molecular flexibility index (Phi) is 5.25. The smallest absolute Gasteiger partial charge is 0.332 e. The van der Waals surface area contributed by atoms with Crippen LogP contribution in [-0.4, -0.2) is 57.2 Å². The van der Waals surface area contributed by atoms with Crippen LogP contribution in [0, 0.1) is 5.82 Å². The zero-order chi connectivity index (χ0) is 21.8. The third-order valence-corrected chi connectivity index (χ3v) is 13.0. The zero-order valence-electron chi connectivity index (χ0n) is 14.5. The maximum atomic E-state index is 13.2. The fourth-order valence-corrected chi connectivity index (χ4v) is 11.3. The van der Waals surface area contributed by atoms with Crippen LogP contribution in [0.25, 0.3) is 0 Å². The monoisotopic (exact) mass is 487 g/mol. The van der Waals surface area contributed by atoms with Crippen LogP contribution in [0.15, 0.2) is 29.8 Å². The molecule has 0 saturated carbocycles. The van der Waals surface area contributed by atoms with Gasteiger partial charge in [-0.15, -0.1) is 0 Å². The van der Waals surface area contributed by atoms with Crippen LogP contribution in [0.1, 0.15) is 12.8 Å². The second kappa shape index (κ2) is 6.93. The molecule has 9 nitrogen and oxygen atoms in total. The normalized spacial score (nSPS) is 24.8. The molecule has 0 radical (unpaired) electrons. The molecule has 1 spiro atoms. The van der Waals surface area contributed by atoms with Crippen LogP contribution in [0.4, 0.5) is 10.1 Å². The molecule has 1 fully saturated rings. The molecule has 2 N–H and O–H groups in total. The number of benzene rings is 1. The summed E-state index contributed by atoms with van der Waals surface area (Å²) in [4.78, 5) is 11.7. The minimum Gasteiger partial charge on any atom is -0.478 e. The highest BCUT2D eigenvalue weighted by Crippen LogP contribution is 2.44. The second-order valence-corrected chi connectivity index (χ2v) is 13.9. The molecular formula is C15H15ClFNO8S3. The van der Waals surface area contributed by atoms with Crippen molar-refractivity contribution in [2.45, 2.75) is 22.2 Å². The molecule has 1 saturated heterocycles. The van der Waals surface area contributed by atoms with Crippen LogP contribution >= 0.6 is 11.6 Å². The second-order valence-electron chi connectivity index (χ2n) is 6.65. The van der Waals surface area contributed by atoms with Crippen molar-refractivity contribution in [3.05, 3.63) is 40.7 Å². The van der Waals surface area contributed by atoms with Crippen molar-refractivity contribution >= 4 is 53.0 Å². The highest BCUT2D eigenvalue weighted by molar-refractivity contribution is 8.13. The van der Waals surface area contributed by atoms with E-state index in [0.29, 0.717) is 6.08 Å². The number of carbonyl (C=O) groups is 1. The third-order valence-electron chi connectivity index (χ3n) is 4.96. The van der Waals surface area contributed by atoms with E-state index >= 15 is 0 Å². The van der Waals surface area contributed by atoms with E-state index in [0.717, 1.165) is 18.2 Å². The predicted octanol–water partition coefficient (Wildman–Crippen LogP) is 0.934. The molecule has 1 atom stereocenters. The van der Waals surface area contributed by atoms with Crippen LogP contribution in [-0.2, 0) is 34.5 Å². The number of hydrogen-bond acceptors (Lipinski definition) is 7. The number of carboxylic acids is 1. The van der Waals surface area contributed by atoms with Crippen LogP contribution in [0.3, 0.4) is 0 Å². The Labute approximate surface area is 171 Å². The van der Waals surface area contributed by atoms with Gasteiger partial charge < -0.3 is 5.11 Å². The highest BCUT2D eigenvalue weighted by atomic mass is 35.5. The Bertz CT molecular complexity index is 1200. The summed E-state index contributed by atoms with van der Waals surface area (Å²) < 4.78 is 87.9. The quantitative estimate of drug-likeness (QED) is 0.636. The van der Waals surface area contributed by atoms with Gasteiger partial charge in [-0.1, -0.05) is 11.6 Å². The van der Waals surface area contributed by atoms with E-state index in [2.05, 4.69) is 4.72 Å². The van der Waals surface area contributed by atoms with E-state index in [1.807, 2.05) is 0 Å². The van der Waals surface area contributed by atoms with E-state index in [1.165, 1.54) is 0 Å². The number of hydrogen-bond donors (Lipinski definition) is 2. The first-order chi connectivity index (χ1) is 13.2. The zero-order valence-corrected chi connectivity index (χ0v) is 17.7.